The van der Waals surface area contributed by atoms with Gasteiger partial charge in [0, 0.05) is 0 Å². The van der Waals surface area contributed by atoms with E-state index in [1.54, 1.807) is 24.3 Å². The number of unbranched alkanes of at least 4 members (excludes halogenated alkanes) is 1. The van der Waals surface area contributed by atoms with Crippen molar-refractivity contribution in [3.8, 4) is 11.5 Å². The van der Waals surface area contributed by atoms with Crippen LogP contribution in [0.5, 0.6) is 11.5 Å². The second-order valence-electron chi connectivity index (χ2n) is 9.29. The highest BCUT2D eigenvalue weighted by molar-refractivity contribution is 5.76. The number of aryl methyl sites for hydroxylation is 1. The molecule has 3 rings (SSSR count). The number of amides is 1. The summed E-state index contributed by atoms with van der Waals surface area (Å²) in [7, 11) is 0. The Hall–Kier alpha value is -2.93. The lowest BCUT2D eigenvalue weighted by Gasteiger charge is -2.27. The van der Waals surface area contributed by atoms with Gasteiger partial charge in [0.25, 0.3) is 0 Å². The lowest BCUT2D eigenvalue weighted by atomic mass is 9.89. The van der Waals surface area contributed by atoms with Crippen LogP contribution in [0.25, 0.3) is 0 Å². The first-order valence-corrected chi connectivity index (χ1v) is 12.7. The summed E-state index contributed by atoms with van der Waals surface area (Å²) in [5, 5.41) is 14.1. The van der Waals surface area contributed by atoms with E-state index in [2.05, 4.69) is 5.32 Å². The molecule has 2 N–H and O–H groups in total. The normalized spacial score (nSPS) is 17.1. The van der Waals surface area contributed by atoms with Gasteiger partial charge in [-0.15, -0.1) is 0 Å². The Labute approximate surface area is 212 Å². The molecular formula is C29H37F2NO4. The fourth-order valence-electron chi connectivity index (χ4n) is 4.18. The molecule has 5 nitrogen and oxygen atoms in total. The van der Waals surface area contributed by atoms with Gasteiger partial charge in [-0.25, -0.2) is 4.39 Å². The molecule has 0 saturated heterocycles. The smallest absolute Gasteiger partial charge is 0.223 e. The number of nitrogens with one attached hydrogen (secondary N) is 1. The van der Waals surface area contributed by atoms with Gasteiger partial charge in [0.15, 0.2) is 0 Å². The van der Waals surface area contributed by atoms with Crippen LogP contribution in [0.4, 0.5) is 8.78 Å². The Morgan fingerprint density at radius 3 is 2.39 bits per heavy atom. The summed E-state index contributed by atoms with van der Waals surface area (Å²) >= 11 is 0. The summed E-state index contributed by atoms with van der Waals surface area (Å²) in [6.45, 7) is 2.26. The van der Waals surface area contributed by atoms with Crippen molar-refractivity contribution >= 4 is 5.91 Å². The van der Waals surface area contributed by atoms with Gasteiger partial charge in [0.1, 0.15) is 17.7 Å². The molecular weight excluding hydrogens is 464 g/mol. The van der Waals surface area contributed by atoms with E-state index in [0.717, 1.165) is 11.1 Å². The highest BCUT2D eigenvalue weighted by Gasteiger charge is 2.26. The minimum Gasteiger partial charge on any atom is -0.494 e. The van der Waals surface area contributed by atoms with E-state index in [0.29, 0.717) is 62.2 Å². The SMILES string of the molecule is Cc1ccc(OCCC(=O)N[C@H](CC2=CCC[C@@H](F)C2)[C@H](O)c2ccc(OCCCCF)cc2)cc1. The van der Waals surface area contributed by atoms with Crippen LogP contribution in [0.3, 0.4) is 0 Å². The van der Waals surface area contributed by atoms with Crippen LogP contribution in [0.2, 0.25) is 0 Å². The highest BCUT2D eigenvalue weighted by atomic mass is 19.1. The van der Waals surface area contributed by atoms with Crippen molar-refractivity contribution < 1.29 is 28.2 Å². The summed E-state index contributed by atoms with van der Waals surface area (Å²) < 4.78 is 37.5. The highest BCUT2D eigenvalue weighted by Crippen LogP contribution is 2.29. The summed E-state index contributed by atoms with van der Waals surface area (Å²) in [6.07, 6.45) is 3.22. The van der Waals surface area contributed by atoms with E-state index in [4.69, 9.17) is 9.47 Å². The number of hydrogen-bond donors (Lipinski definition) is 2. The molecule has 0 spiro atoms. The third-order valence-corrected chi connectivity index (χ3v) is 6.24. The Kier molecular flexibility index (Phi) is 11.2. The van der Waals surface area contributed by atoms with E-state index in [9.17, 15) is 18.7 Å². The fourth-order valence-corrected chi connectivity index (χ4v) is 4.18. The number of rotatable bonds is 14. The van der Waals surface area contributed by atoms with E-state index in [1.807, 2.05) is 37.3 Å². The number of aliphatic hydroxyl groups is 1. The van der Waals surface area contributed by atoms with E-state index in [-0.39, 0.29) is 25.6 Å². The van der Waals surface area contributed by atoms with Gasteiger partial charge in [-0.2, -0.15) is 0 Å². The van der Waals surface area contributed by atoms with Crippen molar-refractivity contribution in [2.24, 2.45) is 0 Å². The second-order valence-corrected chi connectivity index (χ2v) is 9.29. The number of benzene rings is 2. The van der Waals surface area contributed by atoms with Crippen molar-refractivity contribution in [3.63, 3.8) is 0 Å². The molecule has 0 unspecified atom stereocenters. The standard InChI is InChI=1S/C29H37F2NO4/c1-21-7-11-25(12-8-21)36-18-15-28(33)32-27(20-22-5-4-6-24(31)19-22)29(34)23-9-13-26(14-10-23)35-17-3-2-16-30/h5,7-14,24,27,29,34H,2-4,6,15-20H2,1H3,(H,32,33)/t24-,27-,29-/m1/s1. The molecule has 1 aliphatic carbocycles. The number of carbonyl (C=O) groups is 1. The van der Waals surface area contributed by atoms with Crippen molar-refractivity contribution in [2.45, 2.75) is 70.2 Å². The number of allylic oxidation sites excluding steroid dienone is 1. The number of alkyl halides is 2. The molecule has 0 bridgehead atoms. The minimum atomic E-state index is -0.978. The Balaban J connectivity index is 1.60. The fraction of sp³-hybridized carbons (Fsp3) is 0.483. The lowest BCUT2D eigenvalue weighted by molar-refractivity contribution is -0.123. The minimum absolute atomic E-state index is 0.132. The first kappa shape index (κ1) is 27.7. The van der Waals surface area contributed by atoms with Gasteiger partial charge in [-0.05, 0) is 75.3 Å². The number of hydrogen-bond acceptors (Lipinski definition) is 4. The van der Waals surface area contributed by atoms with Crippen LogP contribution < -0.4 is 14.8 Å². The van der Waals surface area contributed by atoms with Gasteiger partial charge in [0.2, 0.25) is 5.91 Å². The Morgan fingerprint density at radius 1 is 1.06 bits per heavy atom. The average Bonchev–Trinajstić information content (AvgIpc) is 2.87. The van der Waals surface area contributed by atoms with Crippen molar-refractivity contribution in [1.82, 2.24) is 5.32 Å². The molecule has 1 aliphatic rings. The summed E-state index contributed by atoms with van der Waals surface area (Å²) in [5.41, 5.74) is 2.66. The Bertz CT molecular complexity index is 962. The van der Waals surface area contributed by atoms with Gasteiger partial charge in [-0.1, -0.05) is 41.5 Å². The third-order valence-electron chi connectivity index (χ3n) is 6.24. The first-order valence-electron chi connectivity index (χ1n) is 12.7. The number of ether oxygens (including phenoxy) is 2. The number of halogens is 2. The predicted octanol–water partition coefficient (Wildman–Crippen LogP) is 5.95. The van der Waals surface area contributed by atoms with E-state index >= 15 is 0 Å². The molecule has 0 aliphatic heterocycles. The molecule has 196 valence electrons. The topological polar surface area (TPSA) is 67.8 Å². The maximum absolute atomic E-state index is 14.0. The van der Waals surface area contributed by atoms with Crippen LogP contribution in [0.15, 0.2) is 60.2 Å². The van der Waals surface area contributed by atoms with Crippen molar-refractivity contribution in [1.29, 1.82) is 0 Å². The zero-order valence-electron chi connectivity index (χ0n) is 20.9. The quantitative estimate of drug-likeness (QED) is 0.248. The average molecular weight is 502 g/mol. The zero-order chi connectivity index (χ0) is 25.8. The van der Waals surface area contributed by atoms with Crippen LogP contribution in [-0.2, 0) is 4.79 Å². The number of aliphatic hydroxyl groups excluding tert-OH is 1. The van der Waals surface area contributed by atoms with E-state index in [1.165, 1.54) is 0 Å². The summed E-state index contributed by atoms with van der Waals surface area (Å²) in [4.78, 5) is 12.7. The van der Waals surface area contributed by atoms with Gasteiger partial charge >= 0.3 is 0 Å². The molecule has 0 saturated carbocycles. The van der Waals surface area contributed by atoms with Gasteiger partial charge in [0.05, 0.1) is 38.5 Å². The van der Waals surface area contributed by atoms with Crippen molar-refractivity contribution in [3.05, 3.63) is 71.3 Å². The molecule has 0 radical (unpaired) electrons. The van der Waals surface area contributed by atoms with Gasteiger partial charge < -0.3 is 19.9 Å². The molecule has 0 aromatic heterocycles. The molecule has 36 heavy (non-hydrogen) atoms. The van der Waals surface area contributed by atoms with Crippen LogP contribution in [-0.4, -0.2) is 43.1 Å². The van der Waals surface area contributed by atoms with Crippen molar-refractivity contribution in [2.75, 3.05) is 19.9 Å². The number of carbonyl (C=O) groups excluding carboxylic acids is 1. The molecule has 2 aromatic carbocycles. The summed E-state index contributed by atoms with van der Waals surface area (Å²) in [6, 6.07) is 14.0. The summed E-state index contributed by atoms with van der Waals surface area (Å²) in [5.74, 6) is 1.08. The lowest BCUT2D eigenvalue weighted by Crippen LogP contribution is -2.40. The van der Waals surface area contributed by atoms with E-state index < -0.39 is 18.3 Å². The molecule has 7 heteroatoms. The molecule has 1 amide bonds. The zero-order valence-corrected chi connectivity index (χ0v) is 20.9. The largest absolute Gasteiger partial charge is 0.494 e. The van der Waals surface area contributed by atoms with Crippen LogP contribution in [0, 0.1) is 6.92 Å². The monoisotopic (exact) mass is 501 g/mol. The van der Waals surface area contributed by atoms with Gasteiger partial charge in [-0.3, -0.25) is 9.18 Å². The van der Waals surface area contributed by atoms with Crippen LogP contribution in [0.1, 0.15) is 62.2 Å². The maximum atomic E-state index is 14.0. The third kappa shape index (κ3) is 9.26. The molecule has 0 heterocycles. The molecule has 3 atom stereocenters. The second kappa shape index (κ2) is 14.6. The maximum Gasteiger partial charge on any atom is 0.223 e. The predicted molar refractivity (Wildman–Crippen MR) is 137 cm³/mol. The van der Waals surface area contributed by atoms with Crippen LogP contribution >= 0.6 is 0 Å². The first-order chi connectivity index (χ1) is 17.4. The molecule has 0 fully saturated rings. The Morgan fingerprint density at radius 2 is 1.72 bits per heavy atom. The molecule has 2 aromatic rings.